The van der Waals surface area contributed by atoms with Gasteiger partial charge in [-0.25, -0.2) is 0 Å². The van der Waals surface area contributed by atoms with E-state index in [0.29, 0.717) is 0 Å². The van der Waals surface area contributed by atoms with Gasteiger partial charge in [0, 0.05) is 0 Å². The fourth-order valence-electron chi connectivity index (χ4n) is 2.34. The molecule has 0 aliphatic carbocycles. The Morgan fingerprint density at radius 2 is 1.80 bits per heavy atom. The molecule has 0 saturated carbocycles. The van der Waals surface area contributed by atoms with Crippen molar-refractivity contribution in [3.05, 3.63) is 64.7 Å². The molecule has 2 nitrogen and oxygen atoms in total. The summed E-state index contributed by atoms with van der Waals surface area (Å²) in [6.07, 6.45) is 0.974. The first-order valence-electron chi connectivity index (χ1n) is 6.98. The maximum Gasteiger partial charge on any atom is 0.102 e. The van der Waals surface area contributed by atoms with Gasteiger partial charge in [-0.3, -0.25) is 0 Å². The number of rotatable bonds is 4. The van der Waals surface area contributed by atoms with Crippen LogP contribution in [0.5, 0.6) is 0 Å². The molecule has 0 aromatic heterocycles. The van der Waals surface area contributed by atoms with E-state index in [1.54, 1.807) is 0 Å². The predicted octanol–water partition coefficient (Wildman–Crippen LogP) is 4.74. The van der Waals surface area contributed by atoms with Crippen LogP contribution in [-0.2, 0) is 0 Å². The minimum atomic E-state index is 0.226. The summed E-state index contributed by atoms with van der Waals surface area (Å²) in [5.74, 6) is 0. The molecule has 0 aliphatic rings. The topological polar surface area (TPSA) is 35.8 Å². The van der Waals surface area contributed by atoms with E-state index in [4.69, 9.17) is 0 Å². The molecule has 1 atom stereocenters. The van der Waals surface area contributed by atoms with Gasteiger partial charge in [-0.05, 0) is 37.5 Å². The van der Waals surface area contributed by atoms with Gasteiger partial charge in [0.2, 0.25) is 0 Å². The second kappa shape index (κ2) is 6.25. The molecule has 0 saturated heterocycles. The average molecular weight is 264 g/mol. The Kier molecular flexibility index (Phi) is 4.42. The first-order valence-corrected chi connectivity index (χ1v) is 6.98. The summed E-state index contributed by atoms with van der Waals surface area (Å²) in [4.78, 5) is 0. The highest BCUT2D eigenvalue weighted by Crippen LogP contribution is 2.26. The van der Waals surface area contributed by atoms with Crippen molar-refractivity contribution in [2.45, 2.75) is 33.2 Å². The molecule has 102 valence electrons. The normalized spacial score (nSPS) is 11.7. The molecule has 0 radical (unpaired) electrons. The highest BCUT2D eigenvalue weighted by molar-refractivity contribution is 5.61. The zero-order valence-electron chi connectivity index (χ0n) is 12.3. The van der Waals surface area contributed by atoms with E-state index in [-0.39, 0.29) is 6.04 Å². The van der Waals surface area contributed by atoms with E-state index in [1.807, 2.05) is 25.1 Å². The molecule has 0 bridgehead atoms. The number of hydrogen-bond donors (Lipinski definition) is 1. The molecule has 2 aromatic carbocycles. The lowest BCUT2D eigenvalue weighted by Gasteiger charge is -2.20. The number of nitriles is 1. The fraction of sp³-hybridized carbons (Fsp3) is 0.278. The van der Waals surface area contributed by atoms with Crippen molar-refractivity contribution >= 4 is 5.69 Å². The van der Waals surface area contributed by atoms with E-state index in [1.165, 1.54) is 11.1 Å². The summed E-state index contributed by atoms with van der Waals surface area (Å²) >= 11 is 0. The molecule has 0 aliphatic heterocycles. The molecule has 1 unspecified atom stereocenters. The lowest BCUT2D eigenvalue weighted by atomic mass is 10.0. The predicted molar refractivity (Wildman–Crippen MR) is 83.7 cm³/mol. The second-order valence-corrected chi connectivity index (χ2v) is 5.13. The quantitative estimate of drug-likeness (QED) is 0.865. The van der Waals surface area contributed by atoms with Crippen LogP contribution in [0.15, 0.2) is 42.5 Å². The first kappa shape index (κ1) is 14.1. The largest absolute Gasteiger partial charge is 0.377 e. The highest BCUT2D eigenvalue weighted by Gasteiger charge is 2.12. The van der Waals surface area contributed by atoms with Crippen molar-refractivity contribution in [1.29, 1.82) is 5.26 Å². The van der Waals surface area contributed by atoms with Gasteiger partial charge in [0.25, 0.3) is 0 Å². The lowest BCUT2D eigenvalue weighted by molar-refractivity contribution is 0.748. The number of nitrogens with zero attached hydrogens (tertiary/aromatic N) is 1. The Balaban J connectivity index is 2.30. The van der Waals surface area contributed by atoms with Crippen LogP contribution in [-0.4, -0.2) is 0 Å². The summed E-state index contributed by atoms with van der Waals surface area (Å²) in [6, 6.07) is 17.0. The SMILES string of the molecule is CCC(Nc1cccc(C)c1C#N)c1ccc(C)cc1. The van der Waals surface area contributed by atoms with Crippen LogP contribution in [0.3, 0.4) is 0 Å². The highest BCUT2D eigenvalue weighted by atomic mass is 14.9. The second-order valence-electron chi connectivity index (χ2n) is 5.13. The van der Waals surface area contributed by atoms with Crippen LogP contribution in [0.2, 0.25) is 0 Å². The molecule has 0 amide bonds. The van der Waals surface area contributed by atoms with Gasteiger partial charge in [-0.1, -0.05) is 48.9 Å². The summed E-state index contributed by atoms with van der Waals surface area (Å²) in [5.41, 5.74) is 5.18. The Labute approximate surface area is 121 Å². The van der Waals surface area contributed by atoms with Gasteiger partial charge in [-0.2, -0.15) is 5.26 Å². The minimum absolute atomic E-state index is 0.226. The molecule has 0 fully saturated rings. The molecular formula is C18H20N2. The van der Waals surface area contributed by atoms with Crippen molar-refractivity contribution in [3.8, 4) is 6.07 Å². The average Bonchev–Trinajstić information content (AvgIpc) is 2.46. The number of anilines is 1. The van der Waals surface area contributed by atoms with E-state index in [0.717, 1.165) is 23.2 Å². The minimum Gasteiger partial charge on any atom is -0.377 e. The Morgan fingerprint density at radius 3 is 2.40 bits per heavy atom. The van der Waals surface area contributed by atoms with Gasteiger partial charge < -0.3 is 5.32 Å². The summed E-state index contributed by atoms with van der Waals surface area (Å²) in [7, 11) is 0. The van der Waals surface area contributed by atoms with Crippen molar-refractivity contribution in [2.75, 3.05) is 5.32 Å². The van der Waals surface area contributed by atoms with Crippen LogP contribution in [0.25, 0.3) is 0 Å². The van der Waals surface area contributed by atoms with E-state index >= 15 is 0 Å². The third-order valence-electron chi connectivity index (χ3n) is 3.60. The monoisotopic (exact) mass is 264 g/mol. The van der Waals surface area contributed by atoms with Crippen LogP contribution in [0.1, 0.15) is 41.6 Å². The van der Waals surface area contributed by atoms with Gasteiger partial charge in [-0.15, -0.1) is 0 Å². The Hall–Kier alpha value is -2.27. The van der Waals surface area contributed by atoms with Crippen molar-refractivity contribution < 1.29 is 0 Å². The van der Waals surface area contributed by atoms with Crippen LogP contribution >= 0.6 is 0 Å². The Morgan fingerprint density at radius 1 is 1.10 bits per heavy atom. The van der Waals surface area contributed by atoms with E-state index in [9.17, 15) is 5.26 Å². The number of benzene rings is 2. The van der Waals surface area contributed by atoms with Gasteiger partial charge in [0.1, 0.15) is 6.07 Å². The molecule has 2 aromatic rings. The van der Waals surface area contributed by atoms with Gasteiger partial charge >= 0.3 is 0 Å². The summed E-state index contributed by atoms with van der Waals surface area (Å²) in [5, 5.41) is 12.8. The standard InChI is InChI=1S/C18H20N2/c1-4-17(15-10-8-13(2)9-11-15)20-18-7-5-6-14(3)16(18)12-19/h5-11,17,20H,4H2,1-3H3. The zero-order valence-corrected chi connectivity index (χ0v) is 12.3. The first-order chi connectivity index (χ1) is 9.65. The summed E-state index contributed by atoms with van der Waals surface area (Å²) < 4.78 is 0. The fourth-order valence-corrected chi connectivity index (χ4v) is 2.34. The van der Waals surface area contributed by atoms with Crippen LogP contribution < -0.4 is 5.32 Å². The number of nitrogens with one attached hydrogen (secondary N) is 1. The zero-order chi connectivity index (χ0) is 14.5. The molecule has 2 rings (SSSR count). The molecule has 0 spiro atoms. The Bertz CT molecular complexity index is 621. The molecule has 0 heterocycles. The van der Waals surface area contributed by atoms with Crippen molar-refractivity contribution in [2.24, 2.45) is 0 Å². The van der Waals surface area contributed by atoms with E-state index < -0.39 is 0 Å². The number of aryl methyl sites for hydroxylation is 2. The molecule has 2 heteroatoms. The van der Waals surface area contributed by atoms with Crippen molar-refractivity contribution in [3.63, 3.8) is 0 Å². The molecular weight excluding hydrogens is 244 g/mol. The third-order valence-corrected chi connectivity index (χ3v) is 3.60. The summed E-state index contributed by atoms with van der Waals surface area (Å²) in [6.45, 7) is 6.21. The molecule has 20 heavy (non-hydrogen) atoms. The van der Waals surface area contributed by atoms with Gasteiger partial charge in [0.05, 0.1) is 17.3 Å². The third kappa shape index (κ3) is 3.00. The van der Waals surface area contributed by atoms with Crippen molar-refractivity contribution in [1.82, 2.24) is 0 Å². The maximum absolute atomic E-state index is 9.30. The van der Waals surface area contributed by atoms with Crippen LogP contribution in [0, 0.1) is 25.2 Å². The van der Waals surface area contributed by atoms with Crippen LogP contribution in [0.4, 0.5) is 5.69 Å². The van der Waals surface area contributed by atoms with Gasteiger partial charge in [0.15, 0.2) is 0 Å². The number of hydrogen-bond acceptors (Lipinski definition) is 2. The van der Waals surface area contributed by atoms with E-state index in [2.05, 4.69) is 49.5 Å². The smallest absolute Gasteiger partial charge is 0.102 e. The lowest BCUT2D eigenvalue weighted by Crippen LogP contribution is -2.11. The molecule has 1 N–H and O–H groups in total. The maximum atomic E-state index is 9.30.